The van der Waals surface area contributed by atoms with Crippen LogP contribution in [-0.4, -0.2) is 58.3 Å². The smallest absolute Gasteiger partial charge is 0.395 e. The number of rotatable bonds is 8. The molecule has 1 aromatic carbocycles. The average molecular weight is 523 g/mol. The SMILES string of the molecule is CC(C)(CO)C1=C[C@@H]2CC(NC(=O)C3(c4ccc5c(c4)OC(F)(F)O5)CC3)=C(F)C=C2N1C[C@H](O)CO. The van der Waals surface area contributed by atoms with Gasteiger partial charge in [-0.05, 0) is 36.6 Å². The summed E-state index contributed by atoms with van der Waals surface area (Å²) in [5.74, 6) is -1.66. The van der Waals surface area contributed by atoms with Gasteiger partial charge in [0.15, 0.2) is 11.5 Å². The number of halogens is 3. The lowest BCUT2D eigenvalue weighted by Gasteiger charge is -2.35. The van der Waals surface area contributed by atoms with Crippen LogP contribution in [0.3, 0.4) is 0 Å². The molecule has 1 fully saturated rings. The Hall–Kier alpha value is -3.02. The molecule has 2 heterocycles. The number of carbonyl (C=O) groups excluding carboxylic acids is 1. The molecule has 37 heavy (non-hydrogen) atoms. The molecule has 1 saturated carbocycles. The molecule has 1 amide bonds. The molecule has 0 radical (unpaired) electrons. The minimum absolute atomic E-state index is 0.0232. The molecule has 2 aliphatic heterocycles. The van der Waals surface area contributed by atoms with Crippen molar-refractivity contribution in [3.8, 4) is 11.5 Å². The van der Waals surface area contributed by atoms with E-state index in [1.807, 2.05) is 19.9 Å². The standard InChI is InChI=1S/C26H29F3N2O6/c1-24(2,13-33)22-8-14-7-18(17(27)10-19(14)31(22)11-16(34)12-32)30-23(35)25(5-6-25)15-3-4-20-21(9-15)37-26(28,29)36-20/h3-4,8-10,14,16,32-34H,5-7,11-13H2,1-2H3,(H,30,35)/t14-,16-/m0/s1. The molecule has 0 unspecified atom stereocenters. The van der Waals surface area contributed by atoms with Gasteiger partial charge in [0.05, 0.1) is 37.0 Å². The van der Waals surface area contributed by atoms with Gasteiger partial charge >= 0.3 is 6.29 Å². The lowest BCUT2D eigenvalue weighted by Crippen LogP contribution is -2.38. The number of aliphatic hydroxyl groups excluding tert-OH is 3. The fourth-order valence-electron chi connectivity index (χ4n) is 5.12. The van der Waals surface area contributed by atoms with Gasteiger partial charge in [0.2, 0.25) is 5.91 Å². The first-order valence-electron chi connectivity index (χ1n) is 12.1. The zero-order chi connectivity index (χ0) is 26.8. The monoisotopic (exact) mass is 522 g/mol. The van der Waals surface area contributed by atoms with Crippen LogP contribution in [0.5, 0.6) is 11.5 Å². The van der Waals surface area contributed by atoms with Crippen molar-refractivity contribution in [1.82, 2.24) is 10.2 Å². The number of allylic oxidation sites excluding steroid dienone is 4. The van der Waals surface area contributed by atoms with Gasteiger partial charge in [-0.1, -0.05) is 26.0 Å². The van der Waals surface area contributed by atoms with Crippen LogP contribution in [0.2, 0.25) is 0 Å². The third-order valence-electron chi connectivity index (χ3n) is 7.42. The molecule has 2 atom stereocenters. The average Bonchev–Trinajstić information content (AvgIpc) is 3.50. The van der Waals surface area contributed by atoms with Gasteiger partial charge in [0, 0.05) is 29.1 Å². The van der Waals surface area contributed by atoms with Crippen LogP contribution in [0.1, 0.15) is 38.7 Å². The zero-order valence-corrected chi connectivity index (χ0v) is 20.4. The first kappa shape index (κ1) is 25.6. The quantitative estimate of drug-likeness (QED) is 0.416. The number of benzene rings is 1. The number of nitrogens with one attached hydrogen (secondary N) is 1. The van der Waals surface area contributed by atoms with Crippen LogP contribution in [-0.2, 0) is 10.2 Å². The number of carbonyl (C=O) groups is 1. The predicted molar refractivity (Wildman–Crippen MR) is 125 cm³/mol. The number of hydrogen-bond donors (Lipinski definition) is 4. The van der Waals surface area contributed by atoms with E-state index >= 15 is 4.39 Å². The normalized spacial score (nSPS) is 23.9. The van der Waals surface area contributed by atoms with E-state index in [2.05, 4.69) is 14.8 Å². The van der Waals surface area contributed by atoms with Gasteiger partial charge in [-0.3, -0.25) is 4.79 Å². The topological polar surface area (TPSA) is 111 Å². The largest absolute Gasteiger partial charge is 0.586 e. The Morgan fingerprint density at radius 2 is 1.95 bits per heavy atom. The van der Waals surface area contributed by atoms with E-state index in [0.717, 1.165) is 0 Å². The first-order chi connectivity index (χ1) is 17.4. The maximum Gasteiger partial charge on any atom is 0.586 e. The molecule has 2 aliphatic carbocycles. The van der Waals surface area contributed by atoms with Gasteiger partial charge < -0.3 is 35.0 Å². The van der Waals surface area contributed by atoms with Crippen LogP contribution >= 0.6 is 0 Å². The molecule has 1 aromatic rings. The van der Waals surface area contributed by atoms with E-state index in [1.165, 1.54) is 24.3 Å². The molecule has 0 aromatic heterocycles. The number of β-amino-alcohol motifs (C(OH)–C–C–N with tert-alkyl or cyclic N) is 1. The molecular weight excluding hydrogens is 493 g/mol. The Kier molecular flexibility index (Phi) is 6.08. The highest BCUT2D eigenvalue weighted by Gasteiger charge is 2.53. The number of alkyl halides is 2. The zero-order valence-electron chi connectivity index (χ0n) is 20.4. The second kappa shape index (κ2) is 8.78. The van der Waals surface area contributed by atoms with Gasteiger partial charge in [-0.2, -0.15) is 0 Å². The summed E-state index contributed by atoms with van der Waals surface area (Å²) in [5.41, 5.74) is 0.156. The van der Waals surface area contributed by atoms with Crippen molar-refractivity contribution in [2.24, 2.45) is 11.3 Å². The Labute approximate surface area is 211 Å². The lowest BCUT2D eigenvalue weighted by molar-refractivity contribution is -0.286. The number of hydrogen-bond acceptors (Lipinski definition) is 7. The van der Waals surface area contributed by atoms with E-state index in [9.17, 15) is 28.9 Å². The fourth-order valence-corrected chi connectivity index (χ4v) is 5.12. The highest BCUT2D eigenvalue weighted by molar-refractivity contribution is 5.92. The molecule has 0 spiro atoms. The highest BCUT2D eigenvalue weighted by atomic mass is 19.3. The third-order valence-corrected chi connectivity index (χ3v) is 7.42. The van der Waals surface area contributed by atoms with Crippen molar-refractivity contribution in [1.29, 1.82) is 0 Å². The van der Waals surface area contributed by atoms with Gasteiger partial charge in [-0.25, -0.2) is 4.39 Å². The number of nitrogens with zero attached hydrogens (tertiary/aromatic N) is 1. The van der Waals surface area contributed by atoms with Crippen molar-refractivity contribution >= 4 is 5.91 Å². The summed E-state index contributed by atoms with van der Waals surface area (Å²) < 4.78 is 51.1. The van der Waals surface area contributed by atoms with E-state index in [1.54, 1.807) is 4.90 Å². The summed E-state index contributed by atoms with van der Waals surface area (Å²) in [7, 11) is 0. The summed E-state index contributed by atoms with van der Waals surface area (Å²) in [6.07, 6.45) is -0.570. The third kappa shape index (κ3) is 4.49. The van der Waals surface area contributed by atoms with Crippen LogP contribution in [0, 0.1) is 11.3 Å². The van der Waals surface area contributed by atoms with Gasteiger partial charge in [-0.15, -0.1) is 8.78 Å². The molecule has 8 nitrogen and oxygen atoms in total. The predicted octanol–water partition coefficient (Wildman–Crippen LogP) is 2.81. The highest BCUT2D eigenvalue weighted by Crippen LogP contribution is 2.52. The van der Waals surface area contributed by atoms with Crippen molar-refractivity contribution in [3.63, 3.8) is 0 Å². The second-order valence-electron chi connectivity index (χ2n) is 10.6. The first-order valence-corrected chi connectivity index (χ1v) is 12.1. The summed E-state index contributed by atoms with van der Waals surface area (Å²) in [6, 6.07) is 4.23. The maximum atomic E-state index is 15.3. The van der Waals surface area contributed by atoms with Crippen LogP contribution < -0.4 is 14.8 Å². The van der Waals surface area contributed by atoms with E-state index in [-0.39, 0.29) is 42.7 Å². The van der Waals surface area contributed by atoms with E-state index in [4.69, 9.17) is 0 Å². The number of fused-ring (bicyclic) bond motifs is 2. The van der Waals surface area contributed by atoms with Crippen molar-refractivity contribution in [2.75, 3.05) is 19.8 Å². The number of amides is 1. The number of ether oxygens (including phenoxy) is 2. The van der Waals surface area contributed by atoms with Crippen LogP contribution in [0.25, 0.3) is 0 Å². The Bertz CT molecular complexity index is 1220. The molecule has 0 bridgehead atoms. The number of aliphatic hydroxyl groups is 3. The second-order valence-corrected chi connectivity index (χ2v) is 10.6. The maximum absolute atomic E-state index is 15.3. The van der Waals surface area contributed by atoms with Crippen LogP contribution in [0.4, 0.5) is 13.2 Å². The summed E-state index contributed by atoms with van der Waals surface area (Å²) >= 11 is 0. The molecule has 0 saturated heterocycles. The minimum atomic E-state index is -3.76. The summed E-state index contributed by atoms with van der Waals surface area (Å²) in [4.78, 5) is 15.0. The fraction of sp³-hybridized carbons (Fsp3) is 0.500. The van der Waals surface area contributed by atoms with Crippen molar-refractivity contribution in [3.05, 3.63) is 58.8 Å². The van der Waals surface area contributed by atoms with E-state index in [0.29, 0.717) is 29.8 Å². The Morgan fingerprint density at radius 3 is 2.59 bits per heavy atom. The minimum Gasteiger partial charge on any atom is -0.395 e. The summed E-state index contributed by atoms with van der Waals surface area (Å²) in [6.45, 7) is 3.00. The molecule has 200 valence electrons. The Morgan fingerprint density at radius 1 is 1.24 bits per heavy atom. The molecule has 5 rings (SSSR count). The van der Waals surface area contributed by atoms with Gasteiger partial charge in [0.1, 0.15) is 5.83 Å². The molecular formula is C26H29F3N2O6. The Balaban J connectivity index is 1.38. The molecule has 4 N–H and O–H groups in total. The van der Waals surface area contributed by atoms with Crippen molar-refractivity contribution < 1.29 is 42.8 Å². The van der Waals surface area contributed by atoms with E-state index < -0.39 is 41.6 Å². The van der Waals surface area contributed by atoms with Crippen molar-refractivity contribution in [2.45, 2.75) is 50.9 Å². The lowest BCUT2D eigenvalue weighted by atomic mass is 9.88. The molecule has 4 aliphatic rings. The van der Waals surface area contributed by atoms with Gasteiger partial charge in [0.25, 0.3) is 0 Å². The van der Waals surface area contributed by atoms with Crippen LogP contribution in [0.15, 0.2) is 53.3 Å². The summed E-state index contributed by atoms with van der Waals surface area (Å²) in [5, 5.41) is 32.0. The molecule has 11 heteroatoms.